The number of hydrogen-bond donors (Lipinski definition) is 1. The third-order valence-corrected chi connectivity index (χ3v) is 3.62. The number of rotatable bonds is 4. The van der Waals surface area contributed by atoms with E-state index in [1.54, 1.807) is 12.1 Å². The topological polar surface area (TPSA) is 12.0 Å². The van der Waals surface area contributed by atoms with E-state index in [9.17, 15) is 17.6 Å². The van der Waals surface area contributed by atoms with Crippen molar-refractivity contribution in [3.63, 3.8) is 0 Å². The summed E-state index contributed by atoms with van der Waals surface area (Å²) in [6, 6.07) is 13.7. The summed E-state index contributed by atoms with van der Waals surface area (Å²) in [5, 5.41) is 2.56. The zero-order valence-corrected chi connectivity index (χ0v) is 12.5. The molecule has 0 saturated heterocycles. The molecule has 3 aromatic carbocycles. The van der Waals surface area contributed by atoms with Crippen molar-refractivity contribution in [2.45, 2.75) is 6.54 Å². The lowest BCUT2D eigenvalue weighted by molar-refractivity contribution is 0.585. The van der Waals surface area contributed by atoms with Crippen LogP contribution in [0.1, 0.15) is 5.56 Å². The van der Waals surface area contributed by atoms with E-state index < -0.39 is 23.3 Å². The molecule has 0 bridgehead atoms. The summed E-state index contributed by atoms with van der Waals surface area (Å²) in [6.45, 7) is -0.104. The minimum absolute atomic E-state index is 0.104. The van der Waals surface area contributed by atoms with Gasteiger partial charge < -0.3 is 5.32 Å². The van der Waals surface area contributed by atoms with Gasteiger partial charge in [0, 0.05) is 12.1 Å². The van der Waals surface area contributed by atoms with Crippen LogP contribution in [0.15, 0.2) is 60.7 Å². The van der Waals surface area contributed by atoms with Crippen LogP contribution in [0.25, 0.3) is 11.1 Å². The molecule has 0 saturated carbocycles. The Morgan fingerprint density at radius 3 is 2.04 bits per heavy atom. The maximum atomic E-state index is 14.0. The Bertz CT molecular complexity index is 857. The molecule has 0 radical (unpaired) electrons. The highest BCUT2D eigenvalue weighted by molar-refractivity contribution is 5.64. The minimum atomic E-state index is -0.753. The molecule has 3 aromatic rings. The van der Waals surface area contributed by atoms with E-state index in [2.05, 4.69) is 5.32 Å². The summed E-state index contributed by atoms with van der Waals surface area (Å²) in [4.78, 5) is 0. The van der Waals surface area contributed by atoms with Crippen LogP contribution in [-0.4, -0.2) is 0 Å². The molecule has 24 heavy (non-hydrogen) atoms. The standard InChI is InChI=1S/C19H13F4N/c20-15-4-1-3-12(10-15)13-7-8-16(21)14(9-13)11-24-19-17(22)5-2-6-18(19)23/h1-10,24H,11H2. The molecule has 1 nitrogen and oxygen atoms in total. The van der Waals surface area contributed by atoms with Gasteiger partial charge in [-0.2, -0.15) is 0 Å². The Labute approximate surface area is 136 Å². The largest absolute Gasteiger partial charge is 0.376 e. The van der Waals surface area contributed by atoms with Crippen LogP contribution in [0.2, 0.25) is 0 Å². The van der Waals surface area contributed by atoms with Crippen molar-refractivity contribution in [2.75, 3.05) is 5.32 Å². The molecule has 0 atom stereocenters. The number of anilines is 1. The summed E-state index contributed by atoms with van der Waals surface area (Å²) in [5.41, 5.74) is 1.11. The van der Waals surface area contributed by atoms with Gasteiger partial charge in [-0.15, -0.1) is 0 Å². The van der Waals surface area contributed by atoms with Gasteiger partial charge in [0.15, 0.2) is 0 Å². The predicted octanol–water partition coefficient (Wildman–Crippen LogP) is 5.52. The van der Waals surface area contributed by atoms with Crippen molar-refractivity contribution in [3.05, 3.63) is 89.5 Å². The first kappa shape index (κ1) is 16.1. The zero-order chi connectivity index (χ0) is 17.1. The average molecular weight is 331 g/mol. The molecule has 0 aliphatic heterocycles. The molecule has 0 aliphatic rings. The maximum absolute atomic E-state index is 14.0. The van der Waals surface area contributed by atoms with E-state index in [0.29, 0.717) is 11.1 Å². The van der Waals surface area contributed by atoms with Crippen molar-refractivity contribution >= 4 is 5.69 Å². The van der Waals surface area contributed by atoms with Crippen LogP contribution < -0.4 is 5.32 Å². The van der Waals surface area contributed by atoms with Crippen LogP contribution in [-0.2, 0) is 6.54 Å². The Kier molecular flexibility index (Phi) is 4.51. The summed E-state index contributed by atoms with van der Waals surface area (Å²) in [6.07, 6.45) is 0. The van der Waals surface area contributed by atoms with Gasteiger partial charge in [0.1, 0.15) is 29.0 Å². The van der Waals surface area contributed by atoms with Gasteiger partial charge in [-0.1, -0.05) is 24.3 Å². The molecule has 0 spiro atoms. The molecular weight excluding hydrogens is 318 g/mol. The molecule has 5 heteroatoms. The van der Waals surface area contributed by atoms with Gasteiger partial charge in [0.2, 0.25) is 0 Å². The number of halogens is 4. The molecule has 3 rings (SSSR count). The van der Waals surface area contributed by atoms with Gasteiger partial charge in [0.25, 0.3) is 0 Å². The first-order valence-electron chi connectivity index (χ1n) is 7.27. The quantitative estimate of drug-likeness (QED) is 0.621. The fraction of sp³-hybridized carbons (Fsp3) is 0.0526. The smallest absolute Gasteiger partial charge is 0.149 e. The van der Waals surface area contributed by atoms with E-state index in [0.717, 1.165) is 12.1 Å². The van der Waals surface area contributed by atoms with Crippen molar-refractivity contribution in [1.29, 1.82) is 0 Å². The van der Waals surface area contributed by atoms with Gasteiger partial charge in [-0.3, -0.25) is 0 Å². The summed E-state index contributed by atoms with van der Waals surface area (Å²) < 4.78 is 54.5. The van der Waals surface area contributed by atoms with Gasteiger partial charge >= 0.3 is 0 Å². The summed E-state index contributed by atoms with van der Waals surface area (Å²) >= 11 is 0. The van der Waals surface area contributed by atoms with Gasteiger partial charge in [0.05, 0.1) is 0 Å². The average Bonchev–Trinajstić information content (AvgIpc) is 2.56. The van der Waals surface area contributed by atoms with E-state index in [1.165, 1.54) is 36.4 Å². The lowest BCUT2D eigenvalue weighted by Crippen LogP contribution is -2.05. The maximum Gasteiger partial charge on any atom is 0.149 e. The molecule has 0 unspecified atom stereocenters. The third kappa shape index (κ3) is 3.40. The monoisotopic (exact) mass is 331 g/mol. The SMILES string of the molecule is Fc1cccc(-c2ccc(F)c(CNc3c(F)cccc3F)c2)c1. The lowest BCUT2D eigenvalue weighted by atomic mass is 10.0. The molecular formula is C19H13F4N. The van der Waals surface area contributed by atoms with Crippen LogP contribution >= 0.6 is 0 Å². The first-order chi connectivity index (χ1) is 11.5. The molecule has 0 heterocycles. The third-order valence-electron chi connectivity index (χ3n) is 3.62. The lowest BCUT2D eigenvalue weighted by Gasteiger charge is -2.11. The second-order valence-corrected chi connectivity index (χ2v) is 5.27. The van der Waals surface area contributed by atoms with E-state index >= 15 is 0 Å². The number of nitrogens with one attached hydrogen (secondary N) is 1. The van der Waals surface area contributed by atoms with Crippen molar-refractivity contribution in [2.24, 2.45) is 0 Å². The Balaban J connectivity index is 1.87. The second kappa shape index (κ2) is 6.74. The minimum Gasteiger partial charge on any atom is -0.376 e. The Morgan fingerprint density at radius 1 is 0.667 bits per heavy atom. The molecule has 122 valence electrons. The van der Waals surface area contributed by atoms with Crippen LogP contribution in [0.3, 0.4) is 0 Å². The van der Waals surface area contributed by atoms with Crippen molar-refractivity contribution in [3.8, 4) is 11.1 Å². The Hall–Kier alpha value is -2.82. The zero-order valence-electron chi connectivity index (χ0n) is 12.5. The van der Waals surface area contributed by atoms with Crippen molar-refractivity contribution < 1.29 is 17.6 Å². The number of benzene rings is 3. The van der Waals surface area contributed by atoms with E-state index in [1.807, 2.05) is 0 Å². The van der Waals surface area contributed by atoms with Crippen LogP contribution in [0.4, 0.5) is 23.2 Å². The molecule has 1 N–H and O–H groups in total. The van der Waals surface area contributed by atoms with Gasteiger partial charge in [-0.25, -0.2) is 17.6 Å². The first-order valence-corrected chi connectivity index (χ1v) is 7.27. The second-order valence-electron chi connectivity index (χ2n) is 5.27. The highest BCUT2D eigenvalue weighted by Crippen LogP contribution is 2.24. The summed E-state index contributed by atoms with van der Waals surface area (Å²) in [7, 11) is 0. The van der Waals surface area contributed by atoms with E-state index in [-0.39, 0.29) is 17.8 Å². The molecule has 0 aliphatic carbocycles. The van der Waals surface area contributed by atoms with Gasteiger partial charge in [-0.05, 0) is 47.5 Å². The molecule has 0 amide bonds. The predicted molar refractivity (Wildman–Crippen MR) is 85.5 cm³/mol. The van der Waals surface area contributed by atoms with Crippen LogP contribution in [0.5, 0.6) is 0 Å². The molecule has 0 fully saturated rings. The highest BCUT2D eigenvalue weighted by Gasteiger charge is 2.10. The number of para-hydroxylation sites is 1. The van der Waals surface area contributed by atoms with E-state index in [4.69, 9.17) is 0 Å². The summed E-state index contributed by atoms with van der Waals surface area (Å²) in [5.74, 6) is -2.42. The number of hydrogen-bond acceptors (Lipinski definition) is 1. The Morgan fingerprint density at radius 2 is 1.33 bits per heavy atom. The normalized spacial score (nSPS) is 10.7. The highest BCUT2D eigenvalue weighted by atomic mass is 19.1. The molecule has 0 aromatic heterocycles. The fourth-order valence-corrected chi connectivity index (χ4v) is 2.41. The van der Waals surface area contributed by atoms with Crippen LogP contribution in [0, 0.1) is 23.3 Å². The van der Waals surface area contributed by atoms with Crippen molar-refractivity contribution in [1.82, 2.24) is 0 Å². The fourth-order valence-electron chi connectivity index (χ4n) is 2.41.